The van der Waals surface area contributed by atoms with Gasteiger partial charge < -0.3 is 24.0 Å². The molecule has 5 unspecified atom stereocenters. The van der Waals surface area contributed by atoms with Crippen molar-refractivity contribution >= 4 is 54.9 Å². The summed E-state index contributed by atoms with van der Waals surface area (Å²) in [5, 5.41) is 9.74. The van der Waals surface area contributed by atoms with Crippen LogP contribution in [-0.2, 0) is 28.6 Å². The first-order valence-electron chi connectivity index (χ1n) is 19.7. The number of carbonyl (C=O) groups excluding carboxylic acids is 5. The van der Waals surface area contributed by atoms with Crippen LogP contribution in [0.25, 0.3) is 11.0 Å². The molecule has 1 fully saturated rings. The normalized spacial score (nSPS) is 18.1. The number of hydrogen-bond acceptors (Lipinski definition) is 12. The number of amides is 1. The highest BCUT2D eigenvalue weighted by Gasteiger charge is 2.33. The van der Waals surface area contributed by atoms with Gasteiger partial charge in [-0.1, -0.05) is 53.4 Å². The van der Waals surface area contributed by atoms with Crippen molar-refractivity contribution in [2.24, 2.45) is 29.6 Å². The number of aromatic nitrogens is 3. The van der Waals surface area contributed by atoms with Crippen LogP contribution in [-0.4, -0.2) is 94.4 Å². The smallest absolute Gasteiger partial charge is 0.327 e. The van der Waals surface area contributed by atoms with Gasteiger partial charge in [0.2, 0.25) is 11.8 Å². The number of nitriles is 1. The van der Waals surface area contributed by atoms with Crippen LogP contribution >= 0.6 is 8.58 Å². The zero-order chi connectivity index (χ0) is 41.4. The van der Waals surface area contributed by atoms with E-state index < -0.39 is 23.8 Å². The standard InChI is InChI=1S/C41H61N6O8P/c1-27(2)20-28(3)10-9-19-56-41(52)54-25-33(24-53-32(7)48)55-38(51)22-30(5)12-11-29(4)21-37(50)47-18-15-34-39(43-26-44-40(34)47)45(8)35-23-46(17-14-31(35)6)36(49)13-16-42/h9,15,18-19,26-31,33,35,56H,10-14,17,20-25H2,1-8H3/b19-9-/t28?,29?,30?,31-,33?,35+/m1/s1. The zero-order valence-electron chi connectivity index (χ0n) is 34.4. The number of piperidine rings is 1. The minimum atomic E-state index is -0.918. The van der Waals surface area contributed by atoms with E-state index in [4.69, 9.17) is 19.5 Å². The van der Waals surface area contributed by atoms with Crippen molar-refractivity contribution in [2.45, 2.75) is 112 Å². The third-order valence-electron chi connectivity index (χ3n) is 10.2. The maximum atomic E-state index is 13.5. The monoisotopic (exact) mass is 796 g/mol. The maximum Gasteiger partial charge on any atom is 0.327 e. The Morgan fingerprint density at radius 2 is 1.71 bits per heavy atom. The maximum absolute atomic E-state index is 13.5. The molecule has 1 aliphatic heterocycles. The Balaban J connectivity index is 1.50. The highest BCUT2D eigenvalue weighted by Crippen LogP contribution is 2.30. The molecule has 1 amide bonds. The number of nitrogens with zero attached hydrogens (tertiary/aromatic N) is 6. The summed E-state index contributed by atoms with van der Waals surface area (Å²) in [4.78, 5) is 75.4. The first-order valence-corrected chi connectivity index (χ1v) is 20.8. The molecule has 0 aliphatic carbocycles. The van der Waals surface area contributed by atoms with Gasteiger partial charge in [-0.15, -0.1) is 0 Å². The molecule has 308 valence electrons. The number of ether oxygens (including phenoxy) is 3. The minimum Gasteiger partial charge on any atom is -0.462 e. The lowest BCUT2D eigenvalue weighted by Crippen LogP contribution is -2.52. The summed E-state index contributed by atoms with van der Waals surface area (Å²) in [5.41, 5.74) is 0.0774. The minimum absolute atomic E-state index is 0.0202. The molecule has 7 atom stereocenters. The van der Waals surface area contributed by atoms with Crippen molar-refractivity contribution in [3.63, 3.8) is 0 Å². The van der Waals surface area contributed by atoms with Gasteiger partial charge in [-0.2, -0.15) is 5.26 Å². The fourth-order valence-corrected chi connectivity index (χ4v) is 7.65. The van der Waals surface area contributed by atoms with Gasteiger partial charge in [0.25, 0.3) is 0 Å². The van der Waals surface area contributed by atoms with E-state index in [-0.39, 0.29) is 76.7 Å². The van der Waals surface area contributed by atoms with Gasteiger partial charge in [0, 0.05) is 54.7 Å². The molecule has 0 N–H and O–H groups in total. The van der Waals surface area contributed by atoms with Gasteiger partial charge in [0.1, 0.15) is 31.8 Å². The summed E-state index contributed by atoms with van der Waals surface area (Å²) in [7, 11) is 1.76. The number of esters is 2. The predicted octanol–water partition coefficient (Wildman–Crippen LogP) is 7.37. The molecule has 2 aromatic heterocycles. The lowest BCUT2D eigenvalue weighted by Gasteiger charge is -2.42. The number of likely N-dealkylation sites (N-methyl/N-ethyl adjacent to an activating group) is 1. The third kappa shape index (κ3) is 14.9. The highest BCUT2D eigenvalue weighted by molar-refractivity contribution is 7.60. The second-order valence-electron chi connectivity index (χ2n) is 15.9. The van der Waals surface area contributed by atoms with E-state index in [1.54, 1.807) is 15.7 Å². The fourth-order valence-electron chi connectivity index (χ4n) is 7.09. The Hall–Kier alpha value is -4.37. The second kappa shape index (κ2) is 23.0. The summed E-state index contributed by atoms with van der Waals surface area (Å²) < 4.78 is 17.5. The molecule has 0 bridgehead atoms. The fraction of sp³-hybridized carbons (Fsp3) is 0.659. The first kappa shape index (κ1) is 46.0. The van der Waals surface area contributed by atoms with Crippen LogP contribution < -0.4 is 4.90 Å². The number of carbonyl (C=O) groups is 5. The van der Waals surface area contributed by atoms with E-state index in [0.29, 0.717) is 49.2 Å². The van der Waals surface area contributed by atoms with Crippen molar-refractivity contribution in [1.29, 1.82) is 5.26 Å². The van der Waals surface area contributed by atoms with Gasteiger partial charge in [0.05, 0.1) is 17.5 Å². The van der Waals surface area contributed by atoms with Crippen LogP contribution in [0.2, 0.25) is 0 Å². The molecule has 14 nitrogen and oxygen atoms in total. The number of likely N-dealkylation sites (tertiary alicyclic amines) is 1. The lowest BCUT2D eigenvalue weighted by molar-refractivity contribution is -0.161. The predicted molar refractivity (Wildman–Crippen MR) is 216 cm³/mol. The van der Waals surface area contributed by atoms with Gasteiger partial charge in [-0.3, -0.25) is 23.7 Å². The molecular weight excluding hydrogens is 735 g/mol. The van der Waals surface area contributed by atoms with Crippen LogP contribution in [0.5, 0.6) is 0 Å². The van der Waals surface area contributed by atoms with Crippen molar-refractivity contribution in [3.05, 3.63) is 30.5 Å². The van der Waals surface area contributed by atoms with Crippen molar-refractivity contribution in [1.82, 2.24) is 19.4 Å². The summed E-state index contributed by atoms with van der Waals surface area (Å²) in [5.74, 6) is 2.58. The quantitative estimate of drug-likeness (QED) is 0.0698. The van der Waals surface area contributed by atoms with Gasteiger partial charge >= 0.3 is 17.6 Å². The van der Waals surface area contributed by atoms with Crippen LogP contribution in [0.3, 0.4) is 0 Å². The Kier molecular flexibility index (Phi) is 18.9. The van der Waals surface area contributed by atoms with E-state index in [2.05, 4.69) is 37.7 Å². The summed E-state index contributed by atoms with van der Waals surface area (Å²) >= 11 is 0. The molecule has 0 radical (unpaired) electrons. The van der Waals surface area contributed by atoms with E-state index in [9.17, 15) is 24.0 Å². The molecule has 2 aromatic rings. The van der Waals surface area contributed by atoms with E-state index >= 15 is 0 Å². The Bertz CT molecular complexity index is 1710. The number of hydrogen-bond donors (Lipinski definition) is 0. The average Bonchev–Trinajstić information content (AvgIpc) is 3.58. The van der Waals surface area contributed by atoms with Crippen molar-refractivity contribution in [3.8, 4) is 6.07 Å². The zero-order valence-corrected chi connectivity index (χ0v) is 35.4. The second-order valence-corrected chi connectivity index (χ2v) is 16.9. The molecule has 3 heterocycles. The topological polar surface area (TPSA) is 174 Å². The lowest BCUT2D eigenvalue weighted by atomic mass is 9.92. The number of rotatable bonds is 21. The van der Waals surface area contributed by atoms with Gasteiger partial charge in [-0.25, -0.2) is 14.8 Å². The van der Waals surface area contributed by atoms with Crippen LogP contribution in [0.4, 0.5) is 10.6 Å². The molecule has 0 aromatic carbocycles. The van der Waals surface area contributed by atoms with Crippen molar-refractivity contribution < 1.29 is 38.2 Å². The third-order valence-corrected chi connectivity index (χ3v) is 10.9. The van der Waals surface area contributed by atoms with Gasteiger partial charge in [0.15, 0.2) is 11.8 Å². The average molecular weight is 797 g/mol. The molecule has 3 rings (SSSR count). The number of allylic oxidation sites excluding steroid dienone is 1. The Morgan fingerprint density at radius 3 is 2.39 bits per heavy atom. The SMILES string of the molecule is CC(=O)OCC(COC(=O)P/C=C\CC(C)CC(C)C)OC(=O)CC(C)CCC(C)CC(=O)n1ccc2c(N(C)[C@H]3CN(C(=O)CC#N)CC[C@H]3C)ncnc21. The van der Waals surface area contributed by atoms with Crippen molar-refractivity contribution in [2.75, 3.05) is 38.3 Å². The van der Waals surface area contributed by atoms with E-state index in [1.807, 2.05) is 49.8 Å². The molecule has 1 saturated heterocycles. The molecule has 0 saturated carbocycles. The Labute approximate surface area is 333 Å². The number of fused-ring (bicyclic) bond motifs is 1. The van der Waals surface area contributed by atoms with E-state index in [0.717, 1.165) is 24.6 Å². The largest absolute Gasteiger partial charge is 0.462 e. The number of anilines is 1. The molecule has 0 spiro atoms. The van der Waals surface area contributed by atoms with E-state index in [1.165, 1.54) is 13.3 Å². The van der Waals surface area contributed by atoms with Gasteiger partial charge in [-0.05, 0) is 67.8 Å². The summed E-state index contributed by atoms with van der Waals surface area (Å²) in [6.07, 6.45) is 8.66. The Morgan fingerprint density at radius 1 is 1.02 bits per heavy atom. The molecule has 1 aliphatic rings. The summed E-state index contributed by atoms with van der Waals surface area (Å²) in [6.45, 7) is 14.6. The molecular formula is C41H61N6O8P. The molecule has 15 heteroatoms. The van der Waals surface area contributed by atoms with Crippen LogP contribution in [0, 0.1) is 40.9 Å². The highest BCUT2D eigenvalue weighted by atomic mass is 31.1. The summed E-state index contributed by atoms with van der Waals surface area (Å²) in [6, 6.07) is 3.77. The molecule has 56 heavy (non-hydrogen) atoms. The van der Waals surface area contributed by atoms with Crippen LogP contribution in [0.15, 0.2) is 30.5 Å². The van der Waals surface area contributed by atoms with Crippen LogP contribution in [0.1, 0.15) is 105 Å². The first-order chi connectivity index (χ1) is 26.6.